The third-order valence-corrected chi connectivity index (χ3v) is 4.88. The minimum Gasteiger partial charge on any atom is -0.478 e. The number of aromatic carboxylic acids is 1. The highest BCUT2D eigenvalue weighted by atomic mass is 16.4. The summed E-state index contributed by atoms with van der Waals surface area (Å²) in [4.78, 5) is 11.1. The number of benzene rings is 1. The van der Waals surface area contributed by atoms with Crippen LogP contribution in [0.5, 0.6) is 0 Å². The number of hydrogen-bond donors (Lipinski definition) is 2. The summed E-state index contributed by atoms with van der Waals surface area (Å²) in [6, 6.07) is 5.64. The summed E-state index contributed by atoms with van der Waals surface area (Å²) in [5.41, 5.74) is 3.54. The number of carboxylic acid groups (broad SMARTS) is 1. The summed E-state index contributed by atoms with van der Waals surface area (Å²) in [7, 11) is 0. The predicted molar refractivity (Wildman–Crippen MR) is 79.3 cm³/mol. The van der Waals surface area contributed by atoms with Crippen LogP contribution >= 0.6 is 0 Å². The smallest absolute Gasteiger partial charge is 0.335 e. The van der Waals surface area contributed by atoms with Gasteiger partial charge in [0.05, 0.1) is 5.56 Å². The maximum Gasteiger partial charge on any atom is 0.335 e. The largest absolute Gasteiger partial charge is 0.478 e. The molecule has 0 amide bonds. The number of carboxylic acids is 1. The molecule has 1 aromatic carbocycles. The van der Waals surface area contributed by atoms with Crippen LogP contribution in [0.25, 0.3) is 0 Å². The maximum atomic E-state index is 11.1. The van der Waals surface area contributed by atoms with Gasteiger partial charge in [-0.15, -0.1) is 0 Å². The van der Waals surface area contributed by atoms with Gasteiger partial charge in [0.1, 0.15) is 0 Å². The zero-order valence-corrected chi connectivity index (χ0v) is 12.1. The Bertz CT molecular complexity index is 520. The minimum absolute atomic E-state index is 0.421. The Morgan fingerprint density at radius 1 is 1.45 bits per heavy atom. The molecule has 0 spiro atoms. The van der Waals surface area contributed by atoms with E-state index in [1.54, 1.807) is 6.07 Å². The molecule has 2 N–H and O–H groups in total. The minimum atomic E-state index is -0.824. The van der Waals surface area contributed by atoms with Gasteiger partial charge in [-0.2, -0.15) is 0 Å². The van der Waals surface area contributed by atoms with Crippen molar-refractivity contribution in [3.8, 4) is 0 Å². The molecule has 1 aromatic rings. The van der Waals surface area contributed by atoms with Crippen molar-refractivity contribution in [1.82, 2.24) is 5.32 Å². The van der Waals surface area contributed by atoms with Crippen LogP contribution in [0.1, 0.15) is 60.0 Å². The molecule has 20 heavy (non-hydrogen) atoms. The van der Waals surface area contributed by atoms with E-state index >= 15 is 0 Å². The van der Waals surface area contributed by atoms with E-state index in [0.29, 0.717) is 16.9 Å². The number of hydrogen-bond acceptors (Lipinski definition) is 2. The highest BCUT2D eigenvalue weighted by Gasteiger charge is 2.36. The monoisotopic (exact) mass is 273 g/mol. The molecule has 3 rings (SSSR count). The lowest BCUT2D eigenvalue weighted by atomic mass is 9.82. The Morgan fingerprint density at radius 2 is 2.25 bits per heavy atom. The fourth-order valence-corrected chi connectivity index (χ4v) is 3.18. The number of fused-ring (bicyclic) bond motifs is 1. The van der Waals surface area contributed by atoms with Crippen LogP contribution < -0.4 is 5.32 Å². The predicted octanol–water partition coefficient (Wildman–Crippen LogP) is 3.19. The molecule has 0 aromatic heterocycles. The Balaban J connectivity index is 1.70. The Labute approximate surface area is 120 Å². The Morgan fingerprint density at radius 3 is 2.95 bits per heavy atom. The SMILES string of the molecule is CC1(CNCC2CCCc3ccc(C(=O)O)cc32)CC1. The zero-order chi connectivity index (χ0) is 14.2. The molecule has 0 saturated heterocycles. The van der Waals surface area contributed by atoms with Crippen molar-refractivity contribution in [3.05, 3.63) is 34.9 Å². The van der Waals surface area contributed by atoms with Crippen molar-refractivity contribution in [2.75, 3.05) is 13.1 Å². The summed E-state index contributed by atoms with van der Waals surface area (Å²) in [6.07, 6.45) is 6.14. The maximum absolute atomic E-state index is 11.1. The lowest BCUT2D eigenvalue weighted by Crippen LogP contribution is -2.28. The standard InChI is InChI=1S/C17H23NO2/c1-17(7-8-17)11-18-10-14-4-2-3-12-5-6-13(16(19)20)9-15(12)14/h5-6,9,14,18H,2-4,7-8,10-11H2,1H3,(H,19,20). The first kappa shape index (κ1) is 13.6. The van der Waals surface area contributed by atoms with Crippen molar-refractivity contribution in [3.63, 3.8) is 0 Å². The van der Waals surface area contributed by atoms with Crippen molar-refractivity contribution in [2.45, 2.75) is 44.9 Å². The van der Waals surface area contributed by atoms with Gasteiger partial charge in [-0.05, 0) is 66.7 Å². The van der Waals surface area contributed by atoms with Crippen molar-refractivity contribution >= 4 is 5.97 Å². The summed E-state index contributed by atoms with van der Waals surface area (Å²) in [5.74, 6) is -0.351. The second kappa shape index (κ2) is 5.21. The number of nitrogens with one attached hydrogen (secondary N) is 1. The van der Waals surface area contributed by atoms with Crippen LogP contribution in [0.2, 0.25) is 0 Å². The van der Waals surface area contributed by atoms with E-state index in [1.165, 1.54) is 36.8 Å². The van der Waals surface area contributed by atoms with Gasteiger partial charge in [0.25, 0.3) is 0 Å². The molecule has 1 unspecified atom stereocenters. The van der Waals surface area contributed by atoms with Gasteiger partial charge in [0.15, 0.2) is 0 Å². The van der Waals surface area contributed by atoms with Crippen LogP contribution in [0.15, 0.2) is 18.2 Å². The molecule has 1 fully saturated rings. The molecule has 0 aliphatic heterocycles. The fourth-order valence-electron chi connectivity index (χ4n) is 3.18. The highest BCUT2D eigenvalue weighted by molar-refractivity contribution is 5.88. The number of rotatable bonds is 5. The van der Waals surface area contributed by atoms with E-state index in [9.17, 15) is 4.79 Å². The summed E-state index contributed by atoms with van der Waals surface area (Å²) in [5, 5.41) is 12.7. The average molecular weight is 273 g/mol. The molecule has 0 heterocycles. The molecular weight excluding hydrogens is 250 g/mol. The van der Waals surface area contributed by atoms with Crippen molar-refractivity contribution in [2.24, 2.45) is 5.41 Å². The van der Waals surface area contributed by atoms with Gasteiger partial charge in [0, 0.05) is 13.1 Å². The fraction of sp³-hybridized carbons (Fsp3) is 0.588. The third kappa shape index (κ3) is 2.88. The molecule has 0 radical (unpaired) electrons. The molecule has 3 nitrogen and oxygen atoms in total. The summed E-state index contributed by atoms with van der Waals surface area (Å²) >= 11 is 0. The van der Waals surface area contributed by atoms with Gasteiger partial charge in [0.2, 0.25) is 0 Å². The lowest BCUT2D eigenvalue weighted by Gasteiger charge is -2.26. The molecular formula is C17H23NO2. The second-order valence-electron chi connectivity index (χ2n) is 6.75. The van der Waals surface area contributed by atoms with Gasteiger partial charge in [-0.1, -0.05) is 13.0 Å². The molecule has 1 atom stereocenters. The van der Waals surface area contributed by atoms with Gasteiger partial charge >= 0.3 is 5.97 Å². The first-order chi connectivity index (χ1) is 9.57. The number of carbonyl (C=O) groups is 1. The molecule has 2 aliphatic carbocycles. The first-order valence-corrected chi connectivity index (χ1v) is 7.64. The molecule has 2 aliphatic rings. The molecule has 108 valence electrons. The normalized spacial score (nSPS) is 23.1. The van der Waals surface area contributed by atoms with E-state index < -0.39 is 5.97 Å². The molecule has 3 heteroatoms. The van der Waals surface area contributed by atoms with Crippen LogP contribution in [0.4, 0.5) is 0 Å². The van der Waals surface area contributed by atoms with Crippen molar-refractivity contribution in [1.29, 1.82) is 0 Å². The van der Waals surface area contributed by atoms with Crippen molar-refractivity contribution < 1.29 is 9.90 Å². The quantitative estimate of drug-likeness (QED) is 0.866. The van der Waals surface area contributed by atoms with Crippen LogP contribution in [0.3, 0.4) is 0 Å². The third-order valence-electron chi connectivity index (χ3n) is 4.88. The zero-order valence-electron chi connectivity index (χ0n) is 12.1. The highest BCUT2D eigenvalue weighted by Crippen LogP contribution is 2.44. The van der Waals surface area contributed by atoms with E-state index in [1.807, 2.05) is 12.1 Å². The Hall–Kier alpha value is -1.35. The van der Waals surface area contributed by atoms with E-state index in [0.717, 1.165) is 19.5 Å². The lowest BCUT2D eigenvalue weighted by molar-refractivity contribution is 0.0696. The van der Waals surface area contributed by atoms with Gasteiger partial charge < -0.3 is 10.4 Å². The first-order valence-electron chi connectivity index (χ1n) is 7.64. The van der Waals surface area contributed by atoms with Crippen LogP contribution in [-0.4, -0.2) is 24.2 Å². The molecule has 0 bridgehead atoms. The van der Waals surface area contributed by atoms with Crippen LogP contribution in [0, 0.1) is 5.41 Å². The Kier molecular flexibility index (Phi) is 3.55. The molecule has 1 saturated carbocycles. The number of aryl methyl sites for hydroxylation is 1. The average Bonchev–Trinajstić information content (AvgIpc) is 3.16. The van der Waals surface area contributed by atoms with Gasteiger partial charge in [-0.25, -0.2) is 4.79 Å². The summed E-state index contributed by atoms with van der Waals surface area (Å²) in [6.45, 7) is 4.40. The van der Waals surface area contributed by atoms with E-state index in [4.69, 9.17) is 5.11 Å². The van der Waals surface area contributed by atoms with Crippen LogP contribution in [-0.2, 0) is 6.42 Å². The second-order valence-corrected chi connectivity index (χ2v) is 6.75. The summed E-state index contributed by atoms with van der Waals surface area (Å²) < 4.78 is 0. The van der Waals surface area contributed by atoms with E-state index in [-0.39, 0.29) is 0 Å². The topological polar surface area (TPSA) is 49.3 Å². The van der Waals surface area contributed by atoms with Gasteiger partial charge in [-0.3, -0.25) is 0 Å². The van der Waals surface area contributed by atoms with E-state index in [2.05, 4.69) is 12.2 Å².